The van der Waals surface area contributed by atoms with Gasteiger partial charge >= 0.3 is 0 Å². The molecule has 0 bridgehead atoms. The van der Waals surface area contributed by atoms with E-state index in [1.807, 2.05) is 12.1 Å². The normalized spacial score (nSPS) is 29.1. The Balaban J connectivity index is 1.22. The van der Waals surface area contributed by atoms with Gasteiger partial charge in [-0.2, -0.15) is 0 Å². The van der Waals surface area contributed by atoms with Gasteiger partial charge < -0.3 is 41.3 Å². The lowest BCUT2D eigenvalue weighted by atomic mass is 9.79. The van der Waals surface area contributed by atoms with Crippen LogP contribution in [0.5, 0.6) is 5.75 Å². The van der Waals surface area contributed by atoms with Crippen LogP contribution in [0.2, 0.25) is 0 Å². The highest BCUT2D eigenvalue weighted by Crippen LogP contribution is 2.41. The Hall–Kier alpha value is -4.46. The van der Waals surface area contributed by atoms with Crippen LogP contribution in [0.4, 0.5) is 0 Å². The lowest BCUT2D eigenvalue weighted by Gasteiger charge is -2.49. The summed E-state index contributed by atoms with van der Waals surface area (Å²) in [4.78, 5) is 36.0. The number of ether oxygens (including phenoxy) is 1. The number of rotatable bonds is 5. The maximum absolute atomic E-state index is 13.5. The van der Waals surface area contributed by atoms with Gasteiger partial charge in [0, 0.05) is 30.5 Å². The highest BCUT2D eigenvalue weighted by molar-refractivity contribution is 5.98. The molecule has 6 rings (SSSR count). The number of nitrogens with one attached hydrogen (secondary N) is 7. The molecule has 4 aliphatic rings. The molecule has 1 spiro atoms. The second-order valence-corrected chi connectivity index (χ2v) is 11.6. The fourth-order valence-corrected chi connectivity index (χ4v) is 6.33. The molecule has 5 atom stereocenters. The van der Waals surface area contributed by atoms with Crippen molar-refractivity contribution in [3.63, 3.8) is 0 Å². The van der Waals surface area contributed by atoms with Crippen molar-refractivity contribution in [3.8, 4) is 5.75 Å². The number of amides is 2. The van der Waals surface area contributed by atoms with Crippen LogP contribution in [0.1, 0.15) is 52.5 Å². The number of aryl methyl sites for hydroxylation is 1. The van der Waals surface area contributed by atoms with E-state index in [0.717, 1.165) is 12.0 Å². The maximum atomic E-state index is 13.5. The van der Waals surface area contributed by atoms with Gasteiger partial charge in [-0.25, -0.2) is 9.97 Å². The molecule has 5 heterocycles. The van der Waals surface area contributed by atoms with E-state index in [9.17, 15) is 14.7 Å². The molecule has 216 valence electrons. The Labute approximate surface area is 236 Å². The second kappa shape index (κ2) is 9.58. The lowest BCUT2D eigenvalue weighted by Crippen LogP contribution is -2.78. The first-order chi connectivity index (χ1) is 19.5. The number of guanidine groups is 2. The number of fused-ring (bicyclic) bond motifs is 1. The van der Waals surface area contributed by atoms with E-state index in [-0.39, 0.29) is 42.2 Å². The van der Waals surface area contributed by atoms with E-state index in [0.29, 0.717) is 23.6 Å². The molecule has 2 amide bonds. The molecule has 4 aliphatic heterocycles. The van der Waals surface area contributed by atoms with Gasteiger partial charge in [0.15, 0.2) is 17.6 Å². The molecule has 0 radical (unpaired) electrons. The molecule has 1 aromatic heterocycles. The molecule has 0 aliphatic carbocycles. The first kappa shape index (κ1) is 26.7. The van der Waals surface area contributed by atoms with Crippen molar-refractivity contribution in [1.82, 2.24) is 41.5 Å². The van der Waals surface area contributed by atoms with Crippen molar-refractivity contribution in [2.45, 2.75) is 62.5 Å². The topological polar surface area (TPSA) is 200 Å². The number of aliphatic hydroxyl groups excluding tert-OH is 1. The standard InChI is InChI=1S/C27H34N10O4/c1-13-7-9-30-21(32-13)23(40)31-11-16-19-27(36-24(28)35-19)20(38)17(12-37(27)25(29)34-16)33-22(39)14-5-4-6-15-18(14)41-10-8-26(15,2)3/h4-7,9,16-17,19-20,38H,8,10-12H2,1-3H3,(H2,29,34)(H,31,40)(H,33,39)(H3,28,35,36)/t16-,17?,19-,20+,27?/m0/s1. The van der Waals surface area contributed by atoms with Gasteiger partial charge in [-0.15, -0.1) is 0 Å². The summed E-state index contributed by atoms with van der Waals surface area (Å²) in [7, 11) is 0. The molecule has 2 aromatic rings. The predicted octanol–water partition coefficient (Wildman–Crippen LogP) is -0.851. The van der Waals surface area contributed by atoms with Crippen LogP contribution >= 0.6 is 0 Å². The molecular formula is C27H34N10O4. The van der Waals surface area contributed by atoms with Crippen LogP contribution < -0.4 is 31.3 Å². The van der Waals surface area contributed by atoms with Crippen molar-refractivity contribution in [3.05, 3.63) is 53.1 Å². The largest absolute Gasteiger partial charge is 0.492 e. The number of para-hydroxylation sites is 1. The molecule has 3 saturated heterocycles. The van der Waals surface area contributed by atoms with E-state index in [1.165, 1.54) is 6.20 Å². The summed E-state index contributed by atoms with van der Waals surface area (Å²) in [5.74, 6) is -0.334. The summed E-state index contributed by atoms with van der Waals surface area (Å²) in [5, 5.41) is 43.6. The SMILES string of the molecule is Cc1ccnc(C(=O)NC[C@@H]2NC(=N)N3CC(NC(=O)c4cccc5c4OCCC5(C)C)[C@@H](O)C34NC(=N)N[C@@H]24)n1. The number of nitrogens with zero attached hydrogens (tertiary/aromatic N) is 3. The number of aromatic nitrogens is 2. The summed E-state index contributed by atoms with van der Waals surface area (Å²) < 4.78 is 5.92. The Morgan fingerprint density at radius 3 is 2.80 bits per heavy atom. The summed E-state index contributed by atoms with van der Waals surface area (Å²) in [5.41, 5.74) is 0.558. The third kappa shape index (κ3) is 4.29. The van der Waals surface area contributed by atoms with Crippen LogP contribution in [0.15, 0.2) is 30.5 Å². The van der Waals surface area contributed by atoms with Gasteiger partial charge in [-0.1, -0.05) is 26.0 Å². The fraction of sp³-hybridized carbons (Fsp3) is 0.481. The van der Waals surface area contributed by atoms with Crippen molar-refractivity contribution in [2.75, 3.05) is 19.7 Å². The summed E-state index contributed by atoms with van der Waals surface area (Å²) >= 11 is 0. The number of benzene rings is 1. The summed E-state index contributed by atoms with van der Waals surface area (Å²) in [6.07, 6.45) is 1.14. The third-order valence-electron chi connectivity index (χ3n) is 8.51. The summed E-state index contributed by atoms with van der Waals surface area (Å²) in [6, 6.07) is 5.21. The molecule has 14 nitrogen and oxygen atoms in total. The van der Waals surface area contributed by atoms with Gasteiger partial charge in [-0.3, -0.25) is 20.4 Å². The average Bonchev–Trinajstić information content (AvgIpc) is 3.43. The second-order valence-electron chi connectivity index (χ2n) is 11.6. The van der Waals surface area contributed by atoms with E-state index in [2.05, 4.69) is 50.4 Å². The van der Waals surface area contributed by atoms with Crippen molar-refractivity contribution >= 4 is 23.7 Å². The molecule has 14 heteroatoms. The zero-order chi connectivity index (χ0) is 29.1. The average molecular weight is 563 g/mol. The molecular weight excluding hydrogens is 528 g/mol. The Morgan fingerprint density at radius 2 is 2.02 bits per heavy atom. The quantitative estimate of drug-likeness (QED) is 0.227. The Morgan fingerprint density at radius 1 is 1.22 bits per heavy atom. The monoisotopic (exact) mass is 562 g/mol. The lowest BCUT2D eigenvalue weighted by molar-refractivity contribution is 0.00610. The van der Waals surface area contributed by atoms with Crippen molar-refractivity contribution in [2.24, 2.45) is 0 Å². The zero-order valence-electron chi connectivity index (χ0n) is 23.0. The maximum Gasteiger partial charge on any atom is 0.289 e. The van der Waals surface area contributed by atoms with Crippen LogP contribution in [0, 0.1) is 17.7 Å². The van der Waals surface area contributed by atoms with Gasteiger partial charge in [0.25, 0.3) is 11.8 Å². The van der Waals surface area contributed by atoms with E-state index >= 15 is 0 Å². The number of aliphatic hydroxyl groups is 1. The fourth-order valence-electron chi connectivity index (χ4n) is 6.33. The van der Waals surface area contributed by atoms with Crippen molar-refractivity contribution in [1.29, 1.82) is 10.8 Å². The third-order valence-corrected chi connectivity index (χ3v) is 8.51. The zero-order valence-corrected chi connectivity index (χ0v) is 23.0. The number of carbonyl (C=O) groups excluding carboxylic acids is 2. The predicted molar refractivity (Wildman–Crippen MR) is 148 cm³/mol. The molecule has 41 heavy (non-hydrogen) atoms. The minimum atomic E-state index is -1.30. The smallest absolute Gasteiger partial charge is 0.289 e. The first-order valence-corrected chi connectivity index (χ1v) is 13.6. The summed E-state index contributed by atoms with van der Waals surface area (Å²) in [6.45, 7) is 6.68. The minimum absolute atomic E-state index is 0.00530. The van der Waals surface area contributed by atoms with Crippen molar-refractivity contribution < 1.29 is 19.4 Å². The highest BCUT2D eigenvalue weighted by Gasteiger charge is 2.66. The molecule has 3 fully saturated rings. The molecule has 1 aromatic carbocycles. The molecule has 0 saturated carbocycles. The van der Waals surface area contributed by atoms with Crippen LogP contribution in [-0.4, -0.2) is 93.3 Å². The number of hydrogen-bond acceptors (Lipinski definition) is 8. The van der Waals surface area contributed by atoms with E-state index < -0.39 is 35.8 Å². The van der Waals surface area contributed by atoms with E-state index in [1.54, 1.807) is 24.0 Å². The number of carbonyl (C=O) groups is 2. The van der Waals surface area contributed by atoms with Crippen LogP contribution in [0.25, 0.3) is 0 Å². The molecule has 8 N–H and O–H groups in total. The Bertz CT molecular complexity index is 1450. The Kier molecular flexibility index (Phi) is 6.25. The van der Waals surface area contributed by atoms with E-state index in [4.69, 9.17) is 15.6 Å². The van der Waals surface area contributed by atoms with Gasteiger partial charge in [0.1, 0.15) is 11.9 Å². The van der Waals surface area contributed by atoms with Crippen LogP contribution in [0.3, 0.4) is 0 Å². The molecule has 2 unspecified atom stereocenters. The highest BCUT2D eigenvalue weighted by atomic mass is 16.5. The van der Waals surface area contributed by atoms with Gasteiger partial charge in [0.2, 0.25) is 5.82 Å². The van der Waals surface area contributed by atoms with Gasteiger partial charge in [0.05, 0.1) is 30.3 Å². The number of hydrogen-bond donors (Lipinski definition) is 8. The van der Waals surface area contributed by atoms with Crippen LogP contribution in [-0.2, 0) is 5.41 Å². The first-order valence-electron chi connectivity index (χ1n) is 13.6. The minimum Gasteiger partial charge on any atom is -0.492 e. The van der Waals surface area contributed by atoms with Gasteiger partial charge in [-0.05, 0) is 30.9 Å².